The smallest absolute Gasteiger partial charge is 0.256 e. The quantitative estimate of drug-likeness (QED) is 0.714. The average molecular weight is 355 g/mol. The Labute approximate surface area is 148 Å². The molecule has 3 rings (SSSR count). The van der Waals surface area contributed by atoms with Crippen LogP contribution in [0.5, 0.6) is 5.75 Å². The van der Waals surface area contributed by atoms with Crippen molar-refractivity contribution in [1.29, 1.82) is 0 Å². The van der Waals surface area contributed by atoms with Crippen LogP contribution in [0, 0.1) is 11.6 Å². The number of methoxy groups -OCH3 is 1. The summed E-state index contributed by atoms with van der Waals surface area (Å²) >= 11 is 0. The lowest BCUT2D eigenvalue weighted by atomic mass is 10.2. The number of benzene rings is 2. The number of halogens is 2. The van der Waals surface area contributed by atoms with Crippen LogP contribution in [0.4, 0.5) is 26.0 Å². The van der Waals surface area contributed by atoms with Gasteiger partial charge in [0.25, 0.3) is 5.91 Å². The highest BCUT2D eigenvalue weighted by Gasteiger charge is 2.10. The number of nitrogens with zero attached hydrogens (tertiary/aromatic N) is 1. The average Bonchev–Trinajstić information content (AvgIpc) is 2.65. The molecule has 5 nitrogen and oxygen atoms in total. The molecule has 0 aliphatic carbocycles. The number of pyridine rings is 1. The maximum absolute atomic E-state index is 13.2. The van der Waals surface area contributed by atoms with Crippen LogP contribution in [0.2, 0.25) is 0 Å². The molecule has 0 atom stereocenters. The molecule has 132 valence electrons. The molecule has 0 bridgehead atoms. The number of hydrogen-bond acceptors (Lipinski definition) is 4. The number of rotatable bonds is 5. The number of hydrogen-bond donors (Lipinski definition) is 2. The maximum Gasteiger partial charge on any atom is 0.256 e. The summed E-state index contributed by atoms with van der Waals surface area (Å²) in [6, 6.07) is 13.7. The second-order valence-electron chi connectivity index (χ2n) is 5.37. The first-order chi connectivity index (χ1) is 12.5. The Kier molecular flexibility index (Phi) is 5.07. The highest BCUT2D eigenvalue weighted by molar-refractivity contribution is 6.03. The van der Waals surface area contributed by atoms with Gasteiger partial charge >= 0.3 is 0 Å². The topological polar surface area (TPSA) is 63.2 Å². The minimum Gasteiger partial charge on any atom is -0.497 e. The van der Waals surface area contributed by atoms with Crippen LogP contribution in [0.15, 0.2) is 60.8 Å². The fourth-order valence-electron chi connectivity index (χ4n) is 2.24. The molecule has 1 aromatic heterocycles. The highest BCUT2D eigenvalue weighted by atomic mass is 19.2. The molecule has 3 aromatic rings. The third-order valence-corrected chi connectivity index (χ3v) is 3.55. The molecular weight excluding hydrogens is 340 g/mol. The van der Waals surface area contributed by atoms with Gasteiger partial charge in [-0.25, -0.2) is 13.8 Å². The van der Waals surface area contributed by atoms with Gasteiger partial charge in [0.2, 0.25) is 0 Å². The summed E-state index contributed by atoms with van der Waals surface area (Å²) in [5.41, 5.74) is 1.54. The second-order valence-corrected chi connectivity index (χ2v) is 5.37. The SMILES string of the molecule is COc1cccc(Nc2ccc(NC(=O)c3ccc(F)c(F)c3)nc2)c1. The molecule has 2 N–H and O–H groups in total. The molecule has 1 amide bonds. The van der Waals surface area contributed by atoms with E-state index in [4.69, 9.17) is 4.74 Å². The Morgan fingerprint density at radius 3 is 2.54 bits per heavy atom. The molecule has 2 aromatic carbocycles. The minimum absolute atomic E-state index is 0.00396. The Bertz CT molecular complexity index is 930. The molecule has 7 heteroatoms. The number of nitrogens with one attached hydrogen (secondary N) is 2. The Morgan fingerprint density at radius 1 is 1.00 bits per heavy atom. The van der Waals surface area contributed by atoms with Crippen molar-refractivity contribution in [2.45, 2.75) is 0 Å². The van der Waals surface area contributed by atoms with Crippen LogP contribution < -0.4 is 15.4 Å². The fraction of sp³-hybridized carbons (Fsp3) is 0.0526. The summed E-state index contributed by atoms with van der Waals surface area (Å²) in [6.45, 7) is 0. The van der Waals surface area contributed by atoms with Crippen LogP contribution >= 0.6 is 0 Å². The van der Waals surface area contributed by atoms with Crippen molar-refractivity contribution < 1.29 is 18.3 Å². The van der Waals surface area contributed by atoms with E-state index in [0.717, 1.165) is 23.6 Å². The lowest BCUT2D eigenvalue weighted by Gasteiger charge is -2.09. The van der Waals surface area contributed by atoms with Crippen molar-refractivity contribution >= 4 is 23.1 Å². The van der Waals surface area contributed by atoms with Crippen molar-refractivity contribution in [2.24, 2.45) is 0 Å². The van der Waals surface area contributed by atoms with Crippen LogP contribution in [0.25, 0.3) is 0 Å². The van der Waals surface area contributed by atoms with Crippen LogP contribution in [0.3, 0.4) is 0 Å². The van der Waals surface area contributed by atoms with Gasteiger partial charge in [-0.15, -0.1) is 0 Å². The van der Waals surface area contributed by atoms with E-state index in [1.54, 1.807) is 25.4 Å². The molecule has 0 unspecified atom stereocenters. The standard InChI is InChI=1S/C19H15F2N3O2/c1-26-15-4-2-3-13(10-15)23-14-6-8-18(22-11-14)24-19(25)12-5-7-16(20)17(21)9-12/h2-11,23H,1H3,(H,22,24,25). The summed E-state index contributed by atoms with van der Waals surface area (Å²) < 4.78 is 31.3. The Morgan fingerprint density at radius 2 is 1.85 bits per heavy atom. The first-order valence-corrected chi connectivity index (χ1v) is 7.69. The molecule has 0 radical (unpaired) electrons. The predicted molar refractivity (Wildman–Crippen MR) is 94.8 cm³/mol. The van der Waals surface area contributed by atoms with Crippen LogP contribution in [0.1, 0.15) is 10.4 Å². The summed E-state index contributed by atoms with van der Waals surface area (Å²) in [6.07, 6.45) is 1.54. The highest BCUT2D eigenvalue weighted by Crippen LogP contribution is 2.21. The van der Waals surface area contributed by atoms with E-state index in [0.29, 0.717) is 5.69 Å². The third-order valence-electron chi connectivity index (χ3n) is 3.55. The zero-order valence-electron chi connectivity index (χ0n) is 13.8. The fourth-order valence-corrected chi connectivity index (χ4v) is 2.24. The third kappa shape index (κ3) is 4.13. The van der Waals surface area contributed by atoms with E-state index >= 15 is 0 Å². The van der Waals surface area contributed by atoms with E-state index in [1.807, 2.05) is 24.3 Å². The molecule has 1 heterocycles. The number of carbonyl (C=O) groups is 1. The molecule has 0 aliphatic heterocycles. The number of carbonyl (C=O) groups excluding carboxylic acids is 1. The van der Waals surface area contributed by atoms with E-state index in [-0.39, 0.29) is 11.4 Å². The van der Waals surface area contributed by atoms with Gasteiger partial charge in [-0.3, -0.25) is 4.79 Å². The van der Waals surface area contributed by atoms with Crippen LogP contribution in [-0.4, -0.2) is 18.0 Å². The number of amides is 1. The van der Waals surface area contributed by atoms with Gasteiger partial charge in [0, 0.05) is 17.3 Å². The number of ether oxygens (including phenoxy) is 1. The van der Waals surface area contributed by atoms with Crippen molar-refractivity contribution in [2.75, 3.05) is 17.7 Å². The molecule has 0 spiro atoms. The van der Waals surface area contributed by atoms with Crippen molar-refractivity contribution in [3.8, 4) is 5.75 Å². The van der Waals surface area contributed by atoms with Gasteiger partial charge in [0.05, 0.1) is 19.0 Å². The van der Waals surface area contributed by atoms with Gasteiger partial charge in [-0.2, -0.15) is 0 Å². The zero-order valence-corrected chi connectivity index (χ0v) is 13.8. The van der Waals surface area contributed by atoms with E-state index < -0.39 is 17.5 Å². The Balaban J connectivity index is 1.67. The van der Waals surface area contributed by atoms with E-state index in [9.17, 15) is 13.6 Å². The van der Waals surface area contributed by atoms with Gasteiger partial charge in [0.15, 0.2) is 11.6 Å². The zero-order chi connectivity index (χ0) is 18.5. The summed E-state index contributed by atoms with van der Waals surface area (Å²) in [7, 11) is 1.59. The maximum atomic E-state index is 13.2. The van der Waals surface area contributed by atoms with Gasteiger partial charge in [-0.05, 0) is 42.5 Å². The molecular formula is C19H15F2N3O2. The summed E-state index contributed by atoms with van der Waals surface area (Å²) in [5.74, 6) is -1.66. The molecule has 0 saturated carbocycles. The van der Waals surface area contributed by atoms with Crippen molar-refractivity contribution in [1.82, 2.24) is 4.98 Å². The van der Waals surface area contributed by atoms with Crippen molar-refractivity contribution in [3.05, 3.63) is 78.0 Å². The van der Waals surface area contributed by atoms with Gasteiger partial charge in [-0.1, -0.05) is 6.07 Å². The number of anilines is 3. The van der Waals surface area contributed by atoms with E-state index in [1.165, 1.54) is 6.07 Å². The van der Waals surface area contributed by atoms with Gasteiger partial charge in [0.1, 0.15) is 11.6 Å². The second kappa shape index (κ2) is 7.60. The lowest BCUT2D eigenvalue weighted by Crippen LogP contribution is -2.13. The summed E-state index contributed by atoms with van der Waals surface area (Å²) in [5, 5.41) is 5.69. The van der Waals surface area contributed by atoms with Gasteiger partial charge < -0.3 is 15.4 Å². The largest absolute Gasteiger partial charge is 0.497 e. The first kappa shape index (κ1) is 17.3. The normalized spacial score (nSPS) is 10.3. The lowest BCUT2D eigenvalue weighted by molar-refractivity contribution is 0.102. The Hall–Kier alpha value is -3.48. The van der Waals surface area contributed by atoms with E-state index in [2.05, 4.69) is 15.6 Å². The van der Waals surface area contributed by atoms with Crippen LogP contribution in [-0.2, 0) is 0 Å². The predicted octanol–water partition coefficient (Wildman–Crippen LogP) is 4.36. The molecule has 26 heavy (non-hydrogen) atoms. The first-order valence-electron chi connectivity index (χ1n) is 7.69. The molecule has 0 saturated heterocycles. The molecule has 0 aliphatic rings. The minimum atomic E-state index is -1.08. The summed E-state index contributed by atoms with van der Waals surface area (Å²) in [4.78, 5) is 16.2. The number of aromatic nitrogens is 1. The monoisotopic (exact) mass is 355 g/mol. The van der Waals surface area contributed by atoms with Crippen molar-refractivity contribution in [3.63, 3.8) is 0 Å². The molecule has 0 fully saturated rings.